The number of hydrogen-bond acceptors (Lipinski definition) is 2. The highest BCUT2D eigenvalue weighted by Crippen LogP contribution is 2.12. The minimum atomic E-state index is 0.0273. The van der Waals surface area contributed by atoms with Gasteiger partial charge in [0.15, 0.2) is 0 Å². The highest BCUT2D eigenvalue weighted by molar-refractivity contribution is 5.82. The maximum Gasteiger partial charge on any atom is 0.258 e. The molecule has 0 N–H and O–H groups in total. The second-order valence-electron chi connectivity index (χ2n) is 6.55. The molecular formula is C24H22N2O. The van der Waals surface area contributed by atoms with E-state index in [1.165, 1.54) is 5.56 Å². The normalized spacial score (nSPS) is 10.2. The van der Waals surface area contributed by atoms with E-state index >= 15 is 0 Å². The lowest BCUT2D eigenvalue weighted by Gasteiger charge is -2.07. The first-order valence-corrected chi connectivity index (χ1v) is 9.31. The molecule has 1 aromatic heterocycles. The Balaban J connectivity index is 1.75. The van der Waals surface area contributed by atoms with Gasteiger partial charge in [-0.3, -0.25) is 4.79 Å². The number of unbranched alkanes of at least 4 members (excludes halogenated alkanes) is 3. The van der Waals surface area contributed by atoms with E-state index in [2.05, 4.69) is 30.0 Å². The topological polar surface area (TPSA) is 45.8 Å². The average molecular weight is 354 g/mol. The number of nitriles is 1. The molecule has 2 aromatic carbocycles. The molecule has 3 nitrogen and oxygen atoms in total. The standard InChI is InChI=1S/C24H22N2O/c25-16-6-1-2-7-17-26-18-15-22-14-13-21(19-23(22)24(26)27)12-8-11-20-9-4-3-5-10-20/h3-5,9-10,13-15,18-19H,1-2,6-7,11,17H2. The molecule has 0 saturated heterocycles. The molecule has 0 aliphatic heterocycles. The van der Waals surface area contributed by atoms with Crippen molar-refractivity contribution in [2.75, 3.05) is 0 Å². The zero-order valence-electron chi connectivity index (χ0n) is 15.3. The predicted octanol–water partition coefficient (Wildman–Crippen LogP) is 4.68. The summed E-state index contributed by atoms with van der Waals surface area (Å²) in [5, 5.41) is 10.2. The summed E-state index contributed by atoms with van der Waals surface area (Å²) < 4.78 is 1.76. The van der Waals surface area contributed by atoms with Gasteiger partial charge in [-0.25, -0.2) is 0 Å². The van der Waals surface area contributed by atoms with Crippen molar-refractivity contribution in [1.82, 2.24) is 4.57 Å². The van der Waals surface area contributed by atoms with Crippen LogP contribution in [0.3, 0.4) is 0 Å². The lowest BCUT2D eigenvalue weighted by Crippen LogP contribution is -2.19. The molecule has 0 bridgehead atoms. The summed E-state index contributed by atoms with van der Waals surface area (Å²) in [7, 11) is 0. The molecule has 0 unspecified atom stereocenters. The van der Waals surface area contributed by atoms with E-state index in [-0.39, 0.29) is 5.56 Å². The van der Waals surface area contributed by atoms with Crippen molar-refractivity contribution < 1.29 is 0 Å². The van der Waals surface area contributed by atoms with Crippen LogP contribution in [0.4, 0.5) is 0 Å². The molecule has 0 saturated carbocycles. The van der Waals surface area contributed by atoms with Gasteiger partial charge in [-0.15, -0.1) is 0 Å². The van der Waals surface area contributed by atoms with Gasteiger partial charge in [0.25, 0.3) is 5.56 Å². The molecule has 0 spiro atoms. The number of fused-ring (bicyclic) bond motifs is 1. The molecule has 0 radical (unpaired) electrons. The van der Waals surface area contributed by atoms with E-state index in [4.69, 9.17) is 5.26 Å². The second kappa shape index (κ2) is 9.41. The van der Waals surface area contributed by atoms with Gasteiger partial charge in [-0.2, -0.15) is 5.26 Å². The van der Waals surface area contributed by atoms with Crippen LogP contribution in [0.1, 0.15) is 36.8 Å². The maximum atomic E-state index is 12.8. The second-order valence-corrected chi connectivity index (χ2v) is 6.55. The number of rotatable bonds is 6. The highest BCUT2D eigenvalue weighted by atomic mass is 16.1. The van der Waals surface area contributed by atoms with Crippen molar-refractivity contribution in [3.8, 4) is 17.9 Å². The molecule has 3 rings (SSSR count). The first-order valence-electron chi connectivity index (χ1n) is 9.31. The van der Waals surface area contributed by atoms with E-state index in [1.807, 2.05) is 48.7 Å². The molecule has 0 fully saturated rings. The summed E-state index contributed by atoms with van der Waals surface area (Å²) in [6.45, 7) is 0.685. The minimum absolute atomic E-state index is 0.0273. The van der Waals surface area contributed by atoms with Gasteiger partial charge in [0, 0.05) is 36.5 Å². The van der Waals surface area contributed by atoms with Crippen molar-refractivity contribution in [2.24, 2.45) is 0 Å². The van der Waals surface area contributed by atoms with Gasteiger partial charge in [0.2, 0.25) is 0 Å². The van der Waals surface area contributed by atoms with Crippen LogP contribution in [-0.4, -0.2) is 4.57 Å². The van der Waals surface area contributed by atoms with Crippen molar-refractivity contribution >= 4 is 10.8 Å². The number of aryl methyl sites for hydroxylation is 1. The first-order chi connectivity index (χ1) is 13.3. The Bertz CT molecular complexity index is 1060. The Morgan fingerprint density at radius 2 is 1.81 bits per heavy atom. The molecule has 1 heterocycles. The van der Waals surface area contributed by atoms with E-state index in [0.29, 0.717) is 24.8 Å². The predicted molar refractivity (Wildman–Crippen MR) is 109 cm³/mol. The Hall–Kier alpha value is -3.30. The van der Waals surface area contributed by atoms with Gasteiger partial charge in [0.1, 0.15) is 0 Å². The third-order valence-corrected chi connectivity index (χ3v) is 4.53. The molecule has 0 aliphatic rings. The van der Waals surface area contributed by atoms with Crippen LogP contribution in [-0.2, 0) is 13.0 Å². The average Bonchev–Trinajstić information content (AvgIpc) is 2.70. The summed E-state index contributed by atoms with van der Waals surface area (Å²) in [6.07, 6.45) is 5.89. The lowest BCUT2D eigenvalue weighted by atomic mass is 10.1. The number of benzene rings is 2. The van der Waals surface area contributed by atoms with Crippen LogP contribution in [0, 0.1) is 23.2 Å². The van der Waals surface area contributed by atoms with Gasteiger partial charge < -0.3 is 4.57 Å². The van der Waals surface area contributed by atoms with Crippen molar-refractivity contribution in [1.29, 1.82) is 5.26 Å². The highest BCUT2D eigenvalue weighted by Gasteiger charge is 2.03. The van der Waals surface area contributed by atoms with Crippen molar-refractivity contribution in [3.63, 3.8) is 0 Å². The summed E-state index contributed by atoms with van der Waals surface area (Å²) in [6, 6.07) is 20.1. The summed E-state index contributed by atoms with van der Waals surface area (Å²) >= 11 is 0. The Labute approximate surface area is 159 Å². The molecule has 0 aliphatic carbocycles. The number of hydrogen-bond donors (Lipinski definition) is 0. The first kappa shape index (κ1) is 18.5. The smallest absolute Gasteiger partial charge is 0.258 e. The van der Waals surface area contributed by atoms with Crippen LogP contribution >= 0.6 is 0 Å². The zero-order valence-corrected chi connectivity index (χ0v) is 15.3. The molecule has 3 heteroatoms. The van der Waals surface area contributed by atoms with Gasteiger partial charge in [-0.05, 0) is 42.0 Å². The Morgan fingerprint density at radius 3 is 2.63 bits per heavy atom. The molecule has 0 atom stereocenters. The third-order valence-electron chi connectivity index (χ3n) is 4.53. The Morgan fingerprint density at radius 1 is 0.963 bits per heavy atom. The Kier molecular flexibility index (Phi) is 6.45. The van der Waals surface area contributed by atoms with Crippen LogP contribution in [0.25, 0.3) is 10.8 Å². The van der Waals surface area contributed by atoms with Crippen LogP contribution < -0.4 is 5.56 Å². The largest absolute Gasteiger partial charge is 0.315 e. The zero-order chi connectivity index (χ0) is 18.9. The van der Waals surface area contributed by atoms with Gasteiger partial charge >= 0.3 is 0 Å². The number of aromatic nitrogens is 1. The van der Waals surface area contributed by atoms with Crippen LogP contribution in [0.5, 0.6) is 0 Å². The summed E-state index contributed by atoms with van der Waals surface area (Å²) in [5.74, 6) is 6.35. The maximum absolute atomic E-state index is 12.8. The fourth-order valence-electron chi connectivity index (χ4n) is 3.04. The molecule has 3 aromatic rings. The third kappa shape index (κ3) is 5.09. The SMILES string of the molecule is N#CCCCCCn1ccc2ccc(C#CCc3ccccc3)cc2c1=O. The van der Waals surface area contributed by atoms with Crippen molar-refractivity contribution in [3.05, 3.63) is 82.3 Å². The summed E-state index contributed by atoms with van der Waals surface area (Å²) in [4.78, 5) is 12.8. The molecular weight excluding hydrogens is 332 g/mol. The van der Waals surface area contributed by atoms with Gasteiger partial charge in [0.05, 0.1) is 6.07 Å². The quantitative estimate of drug-likeness (QED) is 0.477. The minimum Gasteiger partial charge on any atom is -0.315 e. The monoisotopic (exact) mass is 354 g/mol. The number of nitrogens with zero attached hydrogens (tertiary/aromatic N) is 2. The van der Waals surface area contributed by atoms with E-state index < -0.39 is 0 Å². The van der Waals surface area contributed by atoms with E-state index in [1.54, 1.807) is 4.57 Å². The van der Waals surface area contributed by atoms with Crippen LogP contribution in [0.2, 0.25) is 0 Å². The summed E-state index contributed by atoms with van der Waals surface area (Å²) in [5.41, 5.74) is 2.08. The molecule has 0 amide bonds. The van der Waals surface area contributed by atoms with Gasteiger partial charge in [-0.1, -0.05) is 54.7 Å². The molecule has 27 heavy (non-hydrogen) atoms. The fourth-order valence-corrected chi connectivity index (χ4v) is 3.04. The lowest BCUT2D eigenvalue weighted by molar-refractivity contribution is 0.581. The molecule has 134 valence electrons. The van der Waals surface area contributed by atoms with Crippen molar-refractivity contribution in [2.45, 2.75) is 38.6 Å². The van der Waals surface area contributed by atoms with Crippen LogP contribution in [0.15, 0.2) is 65.6 Å². The number of pyridine rings is 1. The van der Waals surface area contributed by atoms with E-state index in [0.717, 1.165) is 30.2 Å². The fraction of sp³-hybridized carbons (Fsp3) is 0.250. The van der Waals surface area contributed by atoms with E-state index in [9.17, 15) is 4.79 Å².